The second-order valence-corrected chi connectivity index (χ2v) is 9.93. The maximum absolute atomic E-state index is 12.9. The van der Waals surface area contributed by atoms with E-state index < -0.39 is 45.6 Å². The van der Waals surface area contributed by atoms with Crippen molar-refractivity contribution in [2.45, 2.75) is 57.2 Å². The van der Waals surface area contributed by atoms with Gasteiger partial charge >= 0.3 is 6.09 Å². The molecule has 1 heterocycles. The summed E-state index contributed by atoms with van der Waals surface area (Å²) in [7, 11) is -4.92. The van der Waals surface area contributed by atoms with E-state index in [1.807, 2.05) is 19.9 Å². The highest BCUT2D eigenvalue weighted by molar-refractivity contribution is 7.86. The Morgan fingerprint density at radius 1 is 1.21 bits per heavy atom. The number of aliphatic hydroxyl groups is 1. The number of alkyl carbamates (subject to hydrolysis) is 1. The average molecular weight is 486 g/mol. The van der Waals surface area contributed by atoms with Crippen LogP contribution in [0.4, 0.5) is 4.79 Å². The summed E-state index contributed by atoms with van der Waals surface area (Å²) in [5.41, 5.74) is -1.58. The van der Waals surface area contributed by atoms with Crippen LogP contribution in [0.3, 0.4) is 0 Å². The predicted molar refractivity (Wildman–Crippen MR) is 118 cm³/mol. The molecular formula is C21H31N3O8S. The van der Waals surface area contributed by atoms with Crippen LogP contribution in [0.1, 0.15) is 38.7 Å². The molecule has 1 aromatic rings. The van der Waals surface area contributed by atoms with Gasteiger partial charge in [0, 0.05) is 12.5 Å². The molecule has 0 aromatic heterocycles. The van der Waals surface area contributed by atoms with Crippen LogP contribution in [0.25, 0.3) is 0 Å². The Kier molecular flexibility index (Phi) is 9.62. The van der Waals surface area contributed by atoms with Gasteiger partial charge in [0.15, 0.2) is 0 Å². The molecule has 3 unspecified atom stereocenters. The lowest BCUT2D eigenvalue weighted by Gasteiger charge is -2.27. The molecule has 0 saturated carbocycles. The smallest absolute Gasteiger partial charge is 0.408 e. The van der Waals surface area contributed by atoms with Crippen LogP contribution < -0.4 is 16.0 Å². The number of carbonyl (C=O) groups is 3. The second kappa shape index (κ2) is 12.0. The van der Waals surface area contributed by atoms with Crippen LogP contribution in [0.15, 0.2) is 30.3 Å². The first-order valence-electron chi connectivity index (χ1n) is 10.7. The Labute approximate surface area is 193 Å². The monoisotopic (exact) mass is 485 g/mol. The summed E-state index contributed by atoms with van der Waals surface area (Å²) in [6, 6.07) is 6.38. The third-order valence-electron chi connectivity index (χ3n) is 5.21. The summed E-state index contributed by atoms with van der Waals surface area (Å²) in [4.78, 5) is 37.1. The zero-order valence-electron chi connectivity index (χ0n) is 18.6. The third kappa shape index (κ3) is 8.63. The highest BCUT2D eigenvalue weighted by Gasteiger charge is 2.37. The first-order valence-corrected chi connectivity index (χ1v) is 12.2. The van der Waals surface area contributed by atoms with Crippen LogP contribution >= 0.6 is 0 Å². The molecule has 5 N–H and O–H groups in total. The van der Waals surface area contributed by atoms with Crippen LogP contribution in [0, 0.1) is 11.8 Å². The van der Waals surface area contributed by atoms with Gasteiger partial charge in [0.05, 0.1) is 6.04 Å². The van der Waals surface area contributed by atoms with Gasteiger partial charge in [-0.2, -0.15) is 8.42 Å². The highest BCUT2D eigenvalue weighted by atomic mass is 32.2. The number of nitrogens with one attached hydrogen (secondary N) is 3. The largest absolute Gasteiger partial charge is 0.445 e. The SMILES string of the molecule is CC(C)CC(NC(=O)OCc1ccccc1)C(=O)N[C@H](CC1CCNC1=O)C(O)S(=O)(=O)O. The van der Waals surface area contributed by atoms with E-state index in [-0.39, 0.29) is 31.3 Å². The van der Waals surface area contributed by atoms with Crippen molar-refractivity contribution in [3.63, 3.8) is 0 Å². The summed E-state index contributed by atoms with van der Waals surface area (Å²) in [6.07, 6.45) is -0.458. The van der Waals surface area contributed by atoms with Crippen molar-refractivity contribution in [1.82, 2.24) is 16.0 Å². The molecule has 1 fully saturated rings. The van der Waals surface area contributed by atoms with Crippen LogP contribution in [0.2, 0.25) is 0 Å². The second-order valence-electron chi connectivity index (χ2n) is 8.42. The van der Waals surface area contributed by atoms with Gasteiger partial charge in [-0.3, -0.25) is 14.1 Å². The maximum atomic E-state index is 12.9. The number of aliphatic hydroxyl groups excluding tert-OH is 1. The van der Waals surface area contributed by atoms with Gasteiger partial charge in [0.1, 0.15) is 12.6 Å². The van der Waals surface area contributed by atoms with Gasteiger partial charge in [0.25, 0.3) is 10.1 Å². The van der Waals surface area contributed by atoms with E-state index >= 15 is 0 Å². The van der Waals surface area contributed by atoms with Gasteiger partial charge in [0.2, 0.25) is 17.3 Å². The Bertz CT molecular complexity index is 923. The number of hydrogen-bond donors (Lipinski definition) is 5. The fraction of sp³-hybridized carbons (Fsp3) is 0.571. The molecule has 1 aromatic carbocycles. The van der Waals surface area contributed by atoms with Crippen molar-refractivity contribution in [2.75, 3.05) is 6.54 Å². The van der Waals surface area contributed by atoms with Gasteiger partial charge in [-0.25, -0.2) is 4.79 Å². The van der Waals surface area contributed by atoms with Crippen molar-refractivity contribution < 1.29 is 37.2 Å². The molecule has 2 rings (SSSR count). The quantitative estimate of drug-likeness (QED) is 0.283. The van der Waals surface area contributed by atoms with Crippen LogP contribution in [0.5, 0.6) is 0 Å². The summed E-state index contributed by atoms with van der Waals surface area (Å²) in [5, 5.41) is 17.5. The van der Waals surface area contributed by atoms with Crippen molar-refractivity contribution in [1.29, 1.82) is 0 Å². The van der Waals surface area contributed by atoms with E-state index in [1.54, 1.807) is 24.3 Å². The minimum absolute atomic E-state index is 0.0103. The summed E-state index contributed by atoms with van der Waals surface area (Å²) >= 11 is 0. The lowest BCUT2D eigenvalue weighted by molar-refractivity contribution is -0.126. The minimum Gasteiger partial charge on any atom is -0.445 e. The van der Waals surface area contributed by atoms with Gasteiger partial charge in [-0.15, -0.1) is 0 Å². The number of carbonyl (C=O) groups excluding carboxylic acids is 3. The third-order valence-corrected chi connectivity index (χ3v) is 6.15. The lowest BCUT2D eigenvalue weighted by atomic mass is 9.97. The van der Waals surface area contributed by atoms with E-state index in [4.69, 9.17) is 4.74 Å². The summed E-state index contributed by atoms with van der Waals surface area (Å²) in [6.45, 7) is 4.02. The van der Waals surface area contributed by atoms with E-state index in [0.29, 0.717) is 13.0 Å². The molecule has 0 bridgehead atoms. The summed E-state index contributed by atoms with van der Waals surface area (Å²) < 4.78 is 37.5. The van der Waals surface area contributed by atoms with Crippen LogP contribution in [-0.4, -0.2) is 60.0 Å². The molecule has 0 radical (unpaired) electrons. The van der Waals surface area contributed by atoms with Gasteiger partial charge in [-0.05, 0) is 30.7 Å². The zero-order valence-corrected chi connectivity index (χ0v) is 19.4. The molecule has 4 atom stereocenters. The number of ether oxygens (including phenoxy) is 1. The average Bonchev–Trinajstić information content (AvgIpc) is 3.14. The van der Waals surface area contributed by atoms with E-state index in [2.05, 4.69) is 16.0 Å². The van der Waals surface area contributed by atoms with E-state index in [0.717, 1.165) is 5.56 Å². The fourth-order valence-electron chi connectivity index (χ4n) is 3.52. The van der Waals surface area contributed by atoms with Crippen molar-refractivity contribution in [3.05, 3.63) is 35.9 Å². The Balaban J connectivity index is 2.08. The van der Waals surface area contributed by atoms with Crippen molar-refractivity contribution >= 4 is 28.0 Å². The fourth-order valence-corrected chi connectivity index (χ4v) is 4.12. The Hall–Kier alpha value is -2.70. The Morgan fingerprint density at radius 3 is 2.42 bits per heavy atom. The highest BCUT2D eigenvalue weighted by Crippen LogP contribution is 2.20. The van der Waals surface area contributed by atoms with E-state index in [1.165, 1.54) is 0 Å². The number of amides is 3. The zero-order chi connectivity index (χ0) is 24.6. The number of rotatable bonds is 11. The Morgan fingerprint density at radius 2 is 1.88 bits per heavy atom. The van der Waals surface area contributed by atoms with E-state index in [9.17, 15) is 32.5 Å². The molecule has 0 aliphatic carbocycles. The molecular weight excluding hydrogens is 454 g/mol. The molecule has 33 heavy (non-hydrogen) atoms. The standard InChI is InChI=1S/C21H31N3O8S/c1-13(2)10-16(24-21(28)32-12-14-6-4-3-5-7-14)19(26)23-17(20(27)33(29,30)31)11-15-8-9-22-18(15)25/h3-7,13,15-17,20,27H,8-12H2,1-2H3,(H,22,25)(H,23,26)(H,24,28)(H,29,30,31)/t15?,16?,17-,20?/m1/s1. The topological polar surface area (TPSA) is 171 Å². The molecule has 184 valence electrons. The lowest BCUT2D eigenvalue weighted by Crippen LogP contribution is -2.54. The van der Waals surface area contributed by atoms with Gasteiger partial charge in [-0.1, -0.05) is 44.2 Å². The summed E-state index contributed by atoms with van der Waals surface area (Å²) in [5.74, 6) is -1.77. The molecule has 1 aliphatic rings. The number of hydrogen-bond acceptors (Lipinski definition) is 7. The number of benzene rings is 1. The molecule has 1 aliphatic heterocycles. The van der Waals surface area contributed by atoms with Crippen LogP contribution in [-0.2, 0) is 31.1 Å². The first kappa shape index (κ1) is 26.6. The predicted octanol–water partition coefficient (Wildman–Crippen LogP) is 0.545. The van der Waals surface area contributed by atoms with Crippen molar-refractivity contribution in [2.24, 2.45) is 11.8 Å². The van der Waals surface area contributed by atoms with Crippen molar-refractivity contribution in [3.8, 4) is 0 Å². The first-order chi connectivity index (χ1) is 15.5. The molecule has 3 amide bonds. The molecule has 11 nitrogen and oxygen atoms in total. The van der Waals surface area contributed by atoms with Gasteiger partial charge < -0.3 is 25.8 Å². The molecule has 1 saturated heterocycles. The minimum atomic E-state index is -4.92. The normalized spacial score (nSPS) is 18.8. The molecule has 0 spiro atoms. The maximum Gasteiger partial charge on any atom is 0.408 e. The molecule has 12 heteroatoms.